The van der Waals surface area contributed by atoms with Gasteiger partial charge in [0.2, 0.25) is 11.8 Å². The van der Waals surface area contributed by atoms with Crippen LogP contribution in [-0.2, 0) is 45.4 Å². The molecule has 376 valence electrons. The number of rotatable bonds is 24. The van der Waals surface area contributed by atoms with Crippen LogP contribution in [0, 0.1) is 0 Å². The average molecular weight is 995 g/mol. The molecule has 0 aliphatic heterocycles. The van der Waals surface area contributed by atoms with E-state index in [9.17, 15) is 29.4 Å². The van der Waals surface area contributed by atoms with Crippen LogP contribution in [0.15, 0.2) is 241 Å². The number of nitrogens with zero attached hydrogens (tertiary/aromatic N) is 4. The smallest absolute Gasteiger partial charge is 0.328 e. The number of hydrogen-bond donors (Lipinski definition) is 4. The van der Waals surface area contributed by atoms with Crippen LogP contribution in [0.4, 0.5) is 11.4 Å². The summed E-state index contributed by atoms with van der Waals surface area (Å²) in [6, 6.07) is 68.4. The Morgan fingerprint density at radius 2 is 0.640 bits per heavy atom. The molecule has 12 nitrogen and oxygen atoms in total. The number of anilines is 2. The summed E-state index contributed by atoms with van der Waals surface area (Å²) in [6.45, 7) is 2.16. The Labute approximate surface area is 437 Å². The van der Waals surface area contributed by atoms with Gasteiger partial charge in [0, 0.05) is 54.9 Å². The average Bonchev–Trinajstić information content (AvgIpc) is 3.42. The highest BCUT2D eigenvalue weighted by molar-refractivity contribution is 6.18. The first-order valence-corrected chi connectivity index (χ1v) is 24.8. The van der Waals surface area contributed by atoms with Crippen LogP contribution in [0.3, 0.4) is 0 Å². The molecular weight excluding hydrogens is 937 g/mol. The lowest BCUT2D eigenvalue weighted by Crippen LogP contribution is -2.33. The lowest BCUT2D eigenvalue weighted by atomic mass is 9.98. The highest BCUT2D eigenvalue weighted by Gasteiger charge is 2.30. The van der Waals surface area contributed by atoms with Gasteiger partial charge in [-0.25, -0.2) is 9.59 Å². The maximum atomic E-state index is 14.1. The van der Waals surface area contributed by atoms with Gasteiger partial charge in [0.05, 0.1) is 35.9 Å². The standard InChI is InChI=1S/C63H58N6O6/c70-58(44-68(40-46-23-7-1-8-24-46)41-47-25-9-2-10-26-47)64-54-37-21-19-35-52(54)60(50-31-15-5-16-32-50)66-56(62(72)73)39-57(63(74)75)67-61(51-33-17-6-18-34-51)53-36-20-22-38-55(53)65-59(71)45-69(42-48-27-11-3-12-28-48)43-49-29-13-4-14-30-49/h1-38,56-57H,39-45H2,(H,64,70)(H,65,71)(H,72,73)(H,74,75)/t56-,57-/m1/s1. The Morgan fingerprint density at radius 1 is 0.373 bits per heavy atom. The molecule has 2 amide bonds. The van der Waals surface area contributed by atoms with Crippen molar-refractivity contribution in [2.75, 3.05) is 23.7 Å². The number of carboxylic acids is 2. The van der Waals surface area contributed by atoms with Crippen molar-refractivity contribution in [1.82, 2.24) is 9.80 Å². The molecule has 0 aliphatic carbocycles. The van der Waals surface area contributed by atoms with Gasteiger partial charge in [-0.3, -0.25) is 29.4 Å². The third-order valence-corrected chi connectivity index (χ3v) is 12.3. The molecule has 4 N–H and O–H groups in total. The molecule has 8 aromatic rings. The van der Waals surface area contributed by atoms with E-state index in [1.54, 1.807) is 97.1 Å². The van der Waals surface area contributed by atoms with Gasteiger partial charge in [0.25, 0.3) is 0 Å². The number of benzene rings is 8. The van der Waals surface area contributed by atoms with Crippen molar-refractivity contribution in [1.29, 1.82) is 0 Å². The molecule has 0 fully saturated rings. The second kappa shape index (κ2) is 26.6. The summed E-state index contributed by atoms with van der Waals surface area (Å²) in [4.78, 5) is 68.7. The zero-order chi connectivity index (χ0) is 52.2. The number of carbonyl (C=O) groups excluding carboxylic acids is 2. The molecule has 12 heteroatoms. The van der Waals surface area contributed by atoms with Crippen molar-refractivity contribution in [3.8, 4) is 0 Å². The Balaban J connectivity index is 1.09. The molecule has 0 aromatic heterocycles. The summed E-state index contributed by atoms with van der Waals surface area (Å²) in [6.07, 6.45) is -0.539. The van der Waals surface area contributed by atoms with Gasteiger partial charge in [-0.15, -0.1) is 0 Å². The van der Waals surface area contributed by atoms with E-state index in [1.165, 1.54) is 0 Å². The predicted octanol–water partition coefficient (Wildman–Crippen LogP) is 10.6. The van der Waals surface area contributed by atoms with E-state index in [-0.39, 0.29) is 36.3 Å². The largest absolute Gasteiger partial charge is 0.480 e. The number of carbonyl (C=O) groups is 4. The van der Waals surface area contributed by atoms with Crippen molar-refractivity contribution in [2.24, 2.45) is 9.98 Å². The third kappa shape index (κ3) is 15.5. The fourth-order valence-electron chi connectivity index (χ4n) is 8.82. The fraction of sp³-hybridized carbons (Fsp3) is 0.143. The van der Waals surface area contributed by atoms with E-state index in [4.69, 9.17) is 9.98 Å². The summed E-state index contributed by atoms with van der Waals surface area (Å²) in [5.41, 5.74) is 7.45. The number of nitrogens with one attached hydrogen (secondary N) is 2. The van der Waals surface area contributed by atoms with Crippen LogP contribution in [0.1, 0.15) is 50.9 Å². The predicted molar refractivity (Wildman–Crippen MR) is 296 cm³/mol. The lowest BCUT2D eigenvalue weighted by molar-refractivity contribution is -0.140. The Bertz CT molecular complexity index is 2900. The lowest BCUT2D eigenvalue weighted by Gasteiger charge is -2.23. The second-order valence-electron chi connectivity index (χ2n) is 18.1. The first kappa shape index (κ1) is 52.2. The highest BCUT2D eigenvalue weighted by Crippen LogP contribution is 2.26. The zero-order valence-corrected chi connectivity index (χ0v) is 41.4. The van der Waals surface area contributed by atoms with Crippen LogP contribution < -0.4 is 10.6 Å². The number of aliphatic imine (C=N–C) groups is 2. The van der Waals surface area contributed by atoms with Crippen LogP contribution in [-0.4, -0.2) is 80.4 Å². The minimum Gasteiger partial charge on any atom is -0.480 e. The first-order chi connectivity index (χ1) is 36.6. The minimum absolute atomic E-state index is 0.0451. The molecule has 2 atom stereocenters. The van der Waals surface area contributed by atoms with Crippen LogP contribution in [0.2, 0.25) is 0 Å². The first-order valence-electron chi connectivity index (χ1n) is 24.8. The fourth-order valence-corrected chi connectivity index (χ4v) is 8.82. The number of carboxylic acid groups (broad SMARTS) is 2. The molecule has 0 saturated carbocycles. The Hall–Kier alpha value is -9.10. The molecule has 75 heavy (non-hydrogen) atoms. The number of hydrogen-bond acceptors (Lipinski definition) is 8. The van der Waals surface area contributed by atoms with Crippen molar-refractivity contribution in [3.63, 3.8) is 0 Å². The molecule has 8 rings (SSSR count). The van der Waals surface area contributed by atoms with Gasteiger partial charge in [0.15, 0.2) is 12.1 Å². The van der Waals surface area contributed by atoms with E-state index in [1.807, 2.05) is 143 Å². The number of para-hydroxylation sites is 2. The van der Waals surface area contributed by atoms with E-state index < -0.39 is 30.4 Å². The summed E-state index contributed by atoms with van der Waals surface area (Å²) >= 11 is 0. The van der Waals surface area contributed by atoms with Gasteiger partial charge >= 0.3 is 11.9 Å². The SMILES string of the molecule is O=C(CN(Cc1ccccc1)Cc1ccccc1)Nc1ccccc1C(=N[C@H](C[C@@H](N=C(c1ccccc1)c1ccccc1NC(=O)CN(Cc1ccccc1)Cc1ccccc1)C(=O)O)C(=O)O)c1ccccc1. The van der Waals surface area contributed by atoms with E-state index in [0.29, 0.717) is 59.8 Å². The summed E-state index contributed by atoms with van der Waals surface area (Å²) in [7, 11) is 0. The van der Waals surface area contributed by atoms with Crippen molar-refractivity contribution >= 4 is 46.6 Å². The molecule has 0 aliphatic rings. The van der Waals surface area contributed by atoms with Gasteiger partial charge < -0.3 is 20.8 Å². The maximum Gasteiger partial charge on any atom is 0.328 e. The quantitative estimate of drug-likeness (QED) is 0.0435. The molecule has 8 aromatic carbocycles. The molecule has 0 spiro atoms. The molecule has 0 bridgehead atoms. The van der Waals surface area contributed by atoms with Gasteiger partial charge in [-0.1, -0.05) is 218 Å². The Morgan fingerprint density at radius 3 is 0.933 bits per heavy atom. The monoisotopic (exact) mass is 994 g/mol. The molecule has 0 heterocycles. The Kier molecular flexibility index (Phi) is 18.5. The number of amides is 2. The van der Waals surface area contributed by atoms with Crippen LogP contribution in [0.25, 0.3) is 0 Å². The zero-order valence-electron chi connectivity index (χ0n) is 41.4. The van der Waals surface area contributed by atoms with Crippen LogP contribution >= 0.6 is 0 Å². The summed E-state index contributed by atoms with van der Waals surface area (Å²) in [5, 5.41) is 28.0. The van der Waals surface area contributed by atoms with E-state index >= 15 is 0 Å². The molecule has 0 saturated heterocycles. The molecular formula is C63H58N6O6. The third-order valence-electron chi connectivity index (χ3n) is 12.3. The van der Waals surface area contributed by atoms with Crippen molar-refractivity contribution < 1.29 is 29.4 Å². The van der Waals surface area contributed by atoms with Gasteiger partial charge in [0.1, 0.15) is 0 Å². The number of aliphatic carboxylic acids is 2. The normalized spacial score (nSPS) is 12.5. The van der Waals surface area contributed by atoms with E-state index in [2.05, 4.69) is 10.6 Å². The molecule has 0 unspecified atom stereocenters. The minimum atomic E-state index is -1.62. The summed E-state index contributed by atoms with van der Waals surface area (Å²) < 4.78 is 0. The van der Waals surface area contributed by atoms with Crippen molar-refractivity contribution in [3.05, 3.63) is 275 Å². The topological polar surface area (TPSA) is 164 Å². The summed E-state index contributed by atoms with van der Waals surface area (Å²) in [5.74, 6) is -3.32. The van der Waals surface area contributed by atoms with Gasteiger partial charge in [-0.2, -0.15) is 0 Å². The van der Waals surface area contributed by atoms with Crippen molar-refractivity contribution in [2.45, 2.75) is 44.7 Å². The molecule has 0 radical (unpaired) electrons. The highest BCUT2D eigenvalue weighted by atomic mass is 16.4. The van der Waals surface area contributed by atoms with Gasteiger partial charge in [-0.05, 0) is 34.4 Å². The van der Waals surface area contributed by atoms with E-state index in [0.717, 1.165) is 22.3 Å². The van der Waals surface area contributed by atoms with Crippen LogP contribution in [0.5, 0.6) is 0 Å². The second-order valence-corrected chi connectivity index (χ2v) is 18.1. The maximum absolute atomic E-state index is 14.1.